The van der Waals surface area contributed by atoms with Crippen LogP contribution in [0.25, 0.3) is 11.3 Å². The molecule has 0 bridgehead atoms. The molecule has 0 saturated heterocycles. The summed E-state index contributed by atoms with van der Waals surface area (Å²) < 4.78 is 1.79. The predicted molar refractivity (Wildman–Crippen MR) is 140 cm³/mol. The molecule has 0 unspecified atom stereocenters. The van der Waals surface area contributed by atoms with Crippen molar-refractivity contribution in [2.75, 3.05) is 16.8 Å². The fourth-order valence-electron chi connectivity index (χ4n) is 4.20. The standard InChI is InChI=1S/C26H19Cl3N4O2/c1-32-14-15-10-11-33(23-5-3-2-4-20(23)24(15)31-32)26(35)19-9-7-17(13-22(19)29)30-25(34)18-8-6-16(27)12-21(18)28/h2-9,12-14H,10-11H2,1H3,(H,30,34). The van der Waals surface area contributed by atoms with Gasteiger partial charge in [-0.2, -0.15) is 5.10 Å². The van der Waals surface area contributed by atoms with E-state index in [0.29, 0.717) is 29.2 Å². The van der Waals surface area contributed by atoms with Crippen LogP contribution < -0.4 is 10.2 Å². The largest absolute Gasteiger partial charge is 0.322 e. The summed E-state index contributed by atoms with van der Waals surface area (Å²) >= 11 is 18.6. The molecule has 0 spiro atoms. The van der Waals surface area contributed by atoms with Crippen molar-refractivity contribution in [1.82, 2.24) is 9.78 Å². The van der Waals surface area contributed by atoms with Crippen molar-refractivity contribution in [2.45, 2.75) is 6.42 Å². The van der Waals surface area contributed by atoms with Gasteiger partial charge in [-0.3, -0.25) is 14.3 Å². The summed E-state index contributed by atoms with van der Waals surface area (Å²) in [5, 5.41) is 8.27. The smallest absolute Gasteiger partial charge is 0.259 e. The fraction of sp³-hybridized carbons (Fsp3) is 0.115. The Bertz CT molecular complexity index is 1480. The van der Waals surface area contributed by atoms with Gasteiger partial charge in [0.15, 0.2) is 0 Å². The van der Waals surface area contributed by atoms with E-state index in [1.807, 2.05) is 37.5 Å². The van der Waals surface area contributed by atoms with E-state index in [1.165, 1.54) is 6.07 Å². The molecule has 35 heavy (non-hydrogen) atoms. The second kappa shape index (κ2) is 9.38. The Labute approximate surface area is 217 Å². The molecule has 4 aromatic rings. The lowest BCUT2D eigenvalue weighted by Gasteiger charge is -2.23. The first-order chi connectivity index (χ1) is 16.8. The number of carbonyl (C=O) groups is 2. The van der Waals surface area contributed by atoms with Crippen molar-refractivity contribution in [3.05, 3.63) is 98.6 Å². The maximum absolute atomic E-state index is 13.6. The maximum Gasteiger partial charge on any atom is 0.259 e. The topological polar surface area (TPSA) is 67.2 Å². The molecule has 1 aliphatic heterocycles. The highest BCUT2D eigenvalue weighted by Crippen LogP contribution is 2.36. The molecule has 0 radical (unpaired) electrons. The van der Waals surface area contributed by atoms with Gasteiger partial charge in [0.25, 0.3) is 11.8 Å². The molecule has 2 amide bonds. The van der Waals surface area contributed by atoms with E-state index >= 15 is 0 Å². The van der Waals surface area contributed by atoms with Crippen molar-refractivity contribution >= 4 is 58.0 Å². The normalized spacial score (nSPS) is 12.5. The average molecular weight is 526 g/mol. The Morgan fingerprint density at radius 2 is 1.69 bits per heavy atom. The number of aromatic nitrogens is 2. The van der Waals surface area contributed by atoms with Crippen molar-refractivity contribution in [2.24, 2.45) is 7.05 Å². The number of fused-ring (bicyclic) bond motifs is 3. The first kappa shape index (κ1) is 23.4. The van der Waals surface area contributed by atoms with Crippen LogP contribution in [0.15, 0.2) is 66.9 Å². The van der Waals surface area contributed by atoms with Gasteiger partial charge in [-0.15, -0.1) is 0 Å². The fourth-order valence-corrected chi connectivity index (χ4v) is 4.96. The second-order valence-corrected chi connectivity index (χ2v) is 9.42. The number of rotatable bonds is 3. The highest BCUT2D eigenvalue weighted by atomic mass is 35.5. The molecule has 6 nitrogen and oxygen atoms in total. The first-order valence-electron chi connectivity index (χ1n) is 10.8. The van der Waals surface area contributed by atoms with Crippen LogP contribution in [-0.4, -0.2) is 28.1 Å². The summed E-state index contributed by atoms with van der Waals surface area (Å²) in [4.78, 5) is 28.0. The van der Waals surface area contributed by atoms with Gasteiger partial charge in [-0.05, 0) is 54.4 Å². The van der Waals surface area contributed by atoms with Crippen molar-refractivity contribution < 1.29 is 9.59 Å². The average Bonchev–Trinajstić information content (AvgIpc) is 3.12. The minimum atomic E-state index is -0.409. The number of nitrogens with zero attached hydrogens (tertiary/aromatic N) is 3. The molecule has 0 fully saturated rings. The minimum absolute atomic E-state index is 0.226. The van der Waals surface area contributed by atoms with E-state index in [9.17, 15) is 9.59 Å². The van der Waals surface area contributed by atoms with Gasteiger partial charge in [-0.1, -0.05) is 53.0 Å². The van der Waals surface area contributed by atoms with Crippen LogP contribution in [0.3, 0.4) is 0 Å². The maximum atomic E-state index is 13.6. The second-order valence-electron chi connectivity index (χ2n) is 8.17. The Hall–Kier alpha value is -3.32. The quantitative estimate of drug-likeness (QED) is 0.332. The number of hydrogen-bond donors (Lipinski definition) is 1. The van der Waals surface area contributed by atoms with Gasteiger partial charge >= 0.3 is 0 Å². The SMILES string of the molecule is Cn1cc2c(n1)-c1ccccc1N(C(=O)c1ccc(NC(=O)c3ccc(Cl)cc3Cl)cc1Cl)CC2. The van der Waals surface area contributed by atoms with Crippen LogP contribution in [0.1, 0.15) is 26.3 Å². The third-order valence-electron chi connectivity index (χ3n) is 5.84. The van der Waals surface area contributed by atoms with Gasteiger partial charge in [0.05, 0.1) is 32.6 Å². The van der Waals surface area contributed by atoms with E-state index in [-0.39, 0.29) is 21.5 Å². The van der Waals surface area contributed by atoms with E-state index in [4.69, 9.17) is 34.8 Å². The van der Waals surface area contributed by atoms with Gasteiger partial charge in [0.1, 0.15) is 0 Å². The Morgan fingerprint density at radius 3 is 2.46 bits per heavy atom. The number of halogens is 3. The number of carbonyl (C=O) groups excluding carboxylic acids is 2. The summed E-state index contributed by atoms with van der Waals surface area (Å²) in [6.45, 7) is 0.485. The molecule has 2 heterocycles. The zero-order valence-corrected chi connectivity index (χ0v) is 20.8. The third-order valence-corrected chi connectivity index (χ3v) is 6.70. The number of nitrogens with one attached hydrogen (secondary N) is 1. The molecule has 176 valence electrons. The lowest BCUT2D eigenvalue weighted by atomic mass is 10.1. The van der Waals surface area contributed by atoms with Crippen LogP contribution in [0, 0.1) is 0 Å². The summed E-state index contributed by atoms with van der Waals surface area (Å²) in [5.74, 6) is -0.635. The zero-order valence-electron chi connectivity index (χ0n) is 18.6. The van der Waals surface area contributed by atoms with E-state index in [2.05, 4.69) is 10.4 Å². The van der Waals surface area contributed by atoms with Gasteiger partial charge < -0.3 is 10.2 Å². The number of para-hydroxylation sites is 1. The number of hydrogen-bond acceptors (Lipinski definition) is 3. The zero-order chi connectivity index (χ0) is 24.7. The highest BCUT2D eigenvalue weighted by molar-refractivity contribution is 6.37. The number of aryl methyl sites for hydroxylation is 1. The van der Waals surface area contributed by atoms with Crippen LogP contribution in [0.2, 0.25) is 15.1 Å². The molecule has 9 heteroatoms. The van der Waals surface area contributed by atoms with Crippen molar-refractivity contribution in [3.63, 3.8) is 0 Å². The summed E-state index contributed by atoms with van der Waals surface area (Å²) in [6, 6.07) is 17.1. The third kappa shape index (κ3) is 4.52. The molecule has 1 aromatic heterocycles. The molecular weight excluding hydrogens is 507 g/mol. The summed E-state index contributed by atoms with van der Waals surface area (Å²) in [5.41, 5.74) is 4.69. The number of benzene rings is 3. The molecule has 0 saturated carbocycles. The van der Waals surface area contributed by atoms with Gasteiger partial charge in [-0.25, -0.2) is 0 Å². The van der Waals surface area contributed by atoms with Crippen LogP contribution in [0.4, 0.5) is 11.4 Å². The van der Waals surface area contributed by atoms with Crippen LogP contribution >= 0.6 is 34.8 Å². The first-order valence-corrected chi connectivity index (χ1v) is 11.9. The van der Waals surface area contributed by atoms with E-state index in [1.54, 1.807) is 39.9 Å². The predicted octanol–water partition coefficient (Wildman–Crippen LogP) is 6.50. The molecule has 0 aliphatic carbocycles. The molecule has 1 aliphatic rings. The Balaban J connectivity index is 1.42. The van der Waals surface area contributed by atoms with Crippen molar-refractivity contribution in [3.8, 4) is 11.3 Å². The van der Waals surface area contributed by atoms with Gasteiger partial charge in [0, 0.05) is 36.1 Å². The summed E-state index contributed by atoms with van der Waals surface area (Å²) in [6.07, 6.45) is 2.65. The van der Waals surface area contributed by atoms with Crippen LogP contribution in [-0.2, 0) is 13.5 Å². The molecule has 1 N–H and O–H groups in total. The number of amides is 2. The van der Waals surface area contributed by atoms with Gasteiger partial charge in [0.2, 0.25) is 0 Å². The monoisotopic (exact) mass is 524 g/mol. The highest BCUT2D eigenvalue weighted by Gasteiger charge is 2.27. The van der Waals surface area contributed by atoms with Crippen LogP contribution in [0.5, 0.6) is 0 Å². The Kier molecular flexibility index (Phi) is 6.28. The van der Waals surface area contributed by atoms with Crippen molar-refractivity contribution in [1.29, 1.82) is 0 Å². The number of anilines is 2. The molecule has 0 atom stereocenters. The minimum Gasteiger partial charge on any atom is -0.322 e. The Morgan fingerprint density at radius 1 is 0.943 bits per heavy atom. The lowest BCUT2D eigenvalue weighted by molar-refractivity contribution is 0.0986. The van der Waals surface area contributed by atoms with E-state index < -0.39 is 5.91 Å². The molecule has 3 aromatic carbocycles. The van der Waals surface area contributed by atoms with E-state index in [0.717, 1.165) is 22.5 Å². The lowest BCUT2D eigenvalue weighted by Crippen LogP contribution is -2.32. The molecule has 5 rings (SSSR count). The molecular formula is C26H19Cl3N4O2. The summed E-state index contributed by atoms with van der Waals surface area (Å²) in [7, 11) is 1.89.